The van der Waals surface area contributed by atoms with E-state index < -0.39 is 0 Å². The molecule has 42 heavy (non-hydrogen) atoms. The van der Waals surface area contributed by atoms with Gasteiger partial charge in [-0.1, -0.05) is 49.2 Å². The molecule has 6 nitrogen and oxygen atoms in total. The molecule has 2 aromatic rings. The Labute approximate surface area is 255 Å². The number of carbonyl (C=O) groups excluding carboxylic acids is 1. The van der Waals surface area contributed by atoms with Crippen LogP contribution in [0, 0.1) is 17.2 Å². The van der Waals surface area contributed by atoms with Crippen molar-refractivity contribution in [3.05, 3.63) is 87.6 Å². The molecule has 2 aliphatic heterocycles. The lowest BCUT2D eigenvalue weighted by atomic mass is 9.76. The second kappa shape index (κ2) is 12.9. The van der Waals surface area contributed by atoms with Crippen LogP contribution in [-0.4, -0.2) is 53.3 Å². The molecule has 0 radical (unpaired) electrons. The smallest absolute Gasteiger partial charge is 0.223 e. The van der Waals surface area contributed by atoms with Crippen LogP contribution in [0.2, 0.25) is 5.02 Å². The van der Waals surface area contributed by atoms with Crippen molar-refractivity contribution in [1.82, 2.24) is 9.80 Å². The Hall–Kier alpha value is -3.40. The molecule has 7 heteroatoms. The van der Waals surface area contributed by atoms with E-state index in [0.29, 0.717) is 29.3 Å². The van der Waals surface area contributed by atoms with Gasteiger partial charge in [0.1, 0.15) is 0 Å². The van der Waals surface area contributed by atoms with E-state index in [1.807, 2.05) is 42.5 Å². The number of likely N-dealkylation sites (tertiary alicyclic amines) is 1. The summed E-state index contributed by atoms with van der Waals surface area (Å²) < 4.78 is 0. The SMILES string of the molecule is CC(CC(=O)N1CCCCC(C2C3=CC(c4ccc(C#N)cc4)=C(N)CC3=NC(C)N2C)C[C@H]1C)c1cccc(Cl)c1. The van der Waals surface area contributed by atoms with Crippen molar-refractivity contribution in [3.8, 4) is 6.07 Å². The van der Waals surface area contributed by atoms with Gasteiger partial charge in [-0.15, -0.1) is 0 Å². The van der Waals surface area contributed by atoms with Crippen molar-refractivity contribution < 1.29 is 4.79 Å². The van der Waals surface area contributed by atoms with Gasteiger partial charge in [-0.2, -0.15) is 5.26 Å². The molecular weight excluding hydrogens is 542 g/mol. The van der Waals surface area contributed by atoms with Gasteiger partial charge in [0.25, 0.3) is 0 Å². The van der Waals surface area contributed by atoms with E-state index in [4.69, 9.17) is 22.3 Å². The number of hydrogen-bond acceptors (Lipinski definition) is 5. The van der Waals surface area contributed by atoms with Crippen LogP contribution in [-0.2, 0) is 4.79 Å². The van der Waals surface area contributed by atoms with Crippen molar-refractivity contribution in [2.24, 2.45) is 16.6 Å². The number of hydrogen-bond donors (Lipinski definition) is 1. The molecule has 4 unspecified atom stereocenters. The van der Waals surface area contributed by atoms with Gasteiger partial charge in [0.05, 0.1) is 17.8 Å². The average Bonchev–Trinajstić information content (AvgIpc) is 2.96. The minimum atomic E-state index is 0.0587. The maximum atomic E-state index is 13.7. The summed E-state index contributed by atoms with van der Waals surface area (Å²) in [6.45, 7) is 7.30. The van der Waals surface area contributed by atoms with Gasteiger partial charge in [0.15, 0.2) is 0 Å². The second-order valence-electron chi connectivity index (χ2n) is 12.3. The van der Waals surface area contributed by atoms with E-state index in [-0.39, 0.29) is 30.1 Å². The van der Waals surface area contributed by atoms with Crippen molar-refractivity contribution in [2.75, 3.05) is 13.6 Å². The molecule has 5 rings (SSSR count). The van der Waals surface area contributed by atoms with Gasteiger partial charge in [-0.3, -0.25) is 14.7 Å². The summed E-state index contributed by atoms with van der Waals surface area (Å²) in [5, 5.41) is 9.96. The summed E-state index contributed by atoms with van der Waals surface area (Å²) >= 11 is 6.23. The van der Waals surface area contributed by atoms with Gasteiger partial charge < -0.3 is 10.6 Å². The van der Waals surface area contributed by atoms with Gasteiger partial charge in [0, 0.05) is 53.5 Å². The first kappa shape index (κ1) is 30.1. The Balaban J connectivity index is 1.39. The third-order valence-corrected chi connectivity index (χ3v) is 9.65. The first-order chi connectivity index (χ1) is 20.2. The fraction of sp³-hybridized carbons (Fsp3) is 0.457. The van der Waals surface area contributed by atoms with E-state index >= 15 is 0 Å². The molecule has 0 saturated carbocycles. The fourth-order valence-electron chi connectivity index (χ4n) is 6.99. The van der Waals surface area contributed by atoms with Crippen LogP contribution in [0.15, 0.2) is 70.9 Å². The summed E-state index contributed by atoms with van der Waals surface area (Å²) in [7, 11) is 2.18. The number of likely N-dealkylation sites (N-methyl/N-ethyl adjacent to an activating group) is 1. The molecule has 0 aromatic heterocycles. The van der Waals surface area contributed by atoms with Crippen LogP contribution in [0.4, 0.5) is 0 Å². The summed E-state index contributed by atoms with van der Waals surface area (Å²) in [5.41, 5.74) is 13.6. The van der Waals surface area contributed by atoms with E-state index in [1.54, 1.807) is 0 Å². The van der Waals surface area contributed by atoms with Crippen molar-refractivity contribution in [3.63, 3.8) is 0 Å². The highest BCUT2D eigenvalue weighted by molar-refractivity contribution is 6.30. The predicted octanol–water partition coefficient (Wildman–Crippen LogP) is 6.91. The lowest BCUT2D eigenvalue weighted by molar-refractivity contribution is -0.134. The Morgan fingerprint density at radius 1 is 1.19 bits per heavy atom. The maximum Gasteiger partial charge on any atom is 0.223 e. The van der Waals surface area contributed by atoms with E-state index in [9.17, 15) is 10.1 Å². The molecule has 5 atom stereocenters. The third kappa shape index (κ3) is 6.33. The minimum absolute atomic E-state index is 0.0587. The molecule has 2 N–H and O–H groups in total. The zero-order valence-corrected chi connectivity index (χ0v) is 25.9. The number of nitriles is 1. The van der Waals surface area contributed by atoms with Crippen molar-refractivity contribution >= 4 is 28.8 Å². The molecule has 0 bridgehead atoms. The highest BCUT2D eigenvalue weighted by Crippen LogP contribution is 2.39. The monoisotopic (exact) mass is 583 g/mol. The Morgan fingerprint density at radius 3 is 2.67 bits per heavy atom. The number of allylic oxidation sites excluding steroid dienone is 3. The standard InChI is InChI=1S/C35H42ClN5O/c1-22(27-9-7-10-29(36)18-27)16-34(42)41-15-6-5-8-28(17-23(41)2)35-31-19-30(26-13-11-25(21-37)12-14-26)32(38)20-33(31)39-24(3)40(35)4/h7,9-14,18-19,22-24,28,35H,5-6,8,15-17,20,38H2,1-4H3/t22?,23-,24?,28?,35?/m1/s1. The Morgan fingerprint density at radius 2 is 1.95 bits per heavy atom. The Kier molecular flexibility index (Phi) is 9.20. The summed E-state index contributed by atoms with van der Waals surface area (Å²) in [4.78, 5) is 23.2. The number of rotatable bonds is 5. The van der Waals surface area contributed by atoms with Gasteiger partial charge in [0.2, 0.25) is 5.91 Å². The maximum absolute atomic E-state index is 13.7. The van der Waals surface area contributed by atoms with E-state index in [1.165, 1.54) is 5.57 Å². The molecule has 1 fully saturated rings. The quantitative estimate of drug-likeness (QED) is 0.414. The van der Waals surface area contributed by atoms with Gasteiger partial charge >= 0.3 is 0 Å². The second-order valence-corrected chi connectivity index (χ2v) is 12.7. The number of benzene rings is 2. The van der Waals surface area contributed by atoms with Crippen LogP contribution >= 0.6 is 11.6 Å². The lowest BCUT2D eigenvalue weighted by Crippen LogP contribution is -2.52. The fourth-order valence-corrected chi connectivity index (χ4v) is 7.19. The van der Waals surface area contributed by atoms with Crippen LogP contribution in [0.1, 0.15) is 81.9 Å². The van der Waals surface area contributed by atoms with Gasteiger partial charge in [-0.25, -0.2) is 0 Å². The number of nitrogens with zero attached hydrogens (tertiary/aromatic N) is 4. The van der Waals surface area contributed by atoms with Crippen LogP contribution in [0.5, 0.6) is 0 Å². The van der Waals surface area contributed by atoms with E-state index in [0.717, 1.165) is 60.3 Å². The normalized spacial score (nSPS) is 25.9. The molecule has 220 valence electrons. The summed E-state index contributed by atoms with van der Waals surface area (Å²) in [5.74, 6) is 0.713. The molecule has 1 amide bonds. The summed E-state index contributed by atoms with van der Waals surface area (Å²) in [6, 6.07) is 18.0. The molecule has 1 aliphatic carbocycles. The highest BCUT2D eigenvalue weighted by Gasteiger charge is 2.40. The molecule has 0 spiro atoms. The Bertz CT molecular complexity index is 1450. The molecule has 2 aromatic carbocycles. The van der Waals surface area contributed by atoms with Crippen LogP contribution < -0.4 is 5.73 Å². The number of aliphatic imine (C=N–C) groups is 1. The first-order valence-corrected chi connectivity index (χ1v) is 15.6. The highest BCUT2D eigenvalue weighted by atomic mass is 35.5. The molecule has 3 aliphatic rings. The number of amides is 1. The average molecular weight is 584 g/mol. The van der Waals surface area contributed by atoms with Crippen LogP contribution in [0.25, 0.3) is 5.57 Å². The van der Waals surface area contributed by atoms with Crippen molar-refractivity contribution in [1.29, 1.82) is 5.26 Å². The van der Waals surface area contributed by atoms with Crippen LogP contribution in [0.3, 0.4) is 0 Å². The number of carbonyl (C=O) groups is 1. The number of fused-ring (bicyclic) bond motifs is 1. The third-order valence-electron chi connectivity index (χ3n) is 9.42. The molecule has 2 heterocycles. The molecule has 1 saturated heterocycles. The zero-order valence-electron chi connectivity index (χ0n) is 25.2. The predicted molar refractivity (Wildman–Crippen MR) is 171 cm³/mol. The number of nitrogens with two attached hydrogens (primary N) is 1. The van der Waals surface area contributed by atoms with Gasteiger partial charge in [-0.05, 0) is 99.0 Å². The van der Waals surface area contributed by atoms with E-state index in [2.05, 4.69) is 55.8 Å². The minimum Gasteiger partial charge on any atom is -0.401 e. The lowest BCUT2D eigenvalue weighted by Gasteiger charge is -2.46. The van der Waals surface area contributed by atoms with Crippen molar-refractivity contribution in [2.45, 2.75) is 83.5 Å². The topological polar surface area (TPSA) is 85.7 Å². The zero-order chi connectivity index (χ0) is 30.0. The first-order valence-electron chi connectivity index (χ1n) is 15.2. The largest absolute Gasteiger partial charge is 0.401 e. The summed E-state index contributed by atoms with van der Waals surface area (Å²) in [6.07, 6.45) is 7.56. The molecular formula is C35H42ClN5O. The number of halogens is 1.